The van der Waals surface area contributed by atoms with Crippen LogP contribution in [0.1, 0.15) is 0 Å². The molecular formula is C12H13N3O5S. The average molecular weight is 311 g/mol. The van der Waals surface area contributed by atoms with Crippen molar-refractivity contribution in [3.8, 4) is 0 Å². The van der Waals surface area contributed by atoms with Crippen molar-refractivity contribution in [1.82, 2.24) is 9.62 Å². The summed E-state index contributed by atoms with van der Waals surface area (Å²) in [5.41, 5.74) is -0.445. The highest BCUT2D eigenvalue weighted by Crippen LogP contribution is 2.34. The highest BCUT2D eigenvalue weighted by Gasteiger charge is 2.47. The summed E-state index contributed by atoms with van der Waals surface area (Å²) in [6.45, 7) is 0.731. The van der Waals surface area contributed by atoms with E-state index in [9.17, 15) is 23.3 Å². The Morgan fingerprint density at radius 1 is 1.29 bits per heavy atom. The third-order valence-corrected chi connectivity index (χ3v) is 5.84. The summed E-state index contributed by atoms with van der Waals surface area (Å²) in [7, 11) is -3.97. The number of nitrogens with one attached hydrogen (secondary N) is 1. The minimum absolute atomic E-state index is 0.0601. The zero-order valence-electron chi connectivity index (χ0n) is 10.9. The summed E-state index contributed by atoms with van der Waals surface area (Å²) < 4.78 is 26.3. The molecule has 21 heavy (non-hydrogen) atoms. The number of amides is 1. The zero-order chi connectivity index (χ0) is 15.2. The third kappa shape index (κ3) is 2.18. The number of para-hydroxylation sites is 1. The van der Waals surface area contributed by atoms with Crippen LogP contribution in [0.2, 0.25) is 0 Å². The van der Waals surface area contributed by atoms with Gasteiger partial charge in [0.2, 0.25) is 15.9 Å². The summed E-state index contributed by atoms with van der Waals surface area (Å²) in [5, 5.41) is 13.7. The van der Waals surface area contributed by atoms with Gasteiger partial charge in [-0.1, -0.05) is 12.1 Å². The van der Waals surface area contributed by atoms with Crippen LogP contribution in [0.4, 0.5) is 5.69 Å². The third-order valence-electron chi connectivity index (χ3n) is 3.96. The van der Waals surface area contributed by atoms with E-state index in [-0.39, 0.29) is 35.7 Å². The number of nitro groups is 1. The molecule has 1 aromatic rings. The van der Waals surface area contributed by atoms with Gasteiger partial charge >= 0.3 is 0 Å². The Hall–Kier alpha value is -2.00. The molecule has 2 aliphatic heterocycles. The van der Waals surface area contributed by atoms with E-state index >= 15 is 0 Å². The SMILES string of the molecule is O=C1NCC2CN(S(=O)(=O)c3ccccc3[N+](=O)[O-])CC12. The van der Waals surface area contributed by atoms with Crippen molar-refractivity contribution >= 4 is 21.6 Å². The molecule has 1 amide bonds. The lowest BCUT2D eigenvalue weighted by Crippen LogP contribution is -2.33. The van der Waals surface area contributed by atoms with Gasteiger partial charge in [0.1, 0.15) is 0 Å². The first-order valence-electron chi connectivity index (χ1n) is 6.42. The molecule has 0 spiro atoms. The number of nitro benzene ring substituents is 1. The van der Waals surface area contributed by atoms with Gasteiger partial charge in [0, 0.05) is 31.6 Å². The van der Waals surface area contributed by atoms with Crippen molar-refractivity contribution in [2.45, 2.75) is 4.90 Å². The lowest BCUT2D eigenvalue weighted by molar-refractivity contribution is -0.387. The number of sulfonamides is 1. The Labute approximate surface area is 120 Å². The van der Waals surface area contributed by atoms with Crippen LogP contribution in [0.25, 0.3) is 0 Å². The lowest BCUT2D eigenvalue weighted by Gasteiger charge is -2.17. The van der Waals surface area contributed by atoms with E-state index in [0.717, 1.165) is 6.07 Å². The van der Waals surface area contributed by atoms with E-state index in [4.69, 9.17) is 0 Å². The van der Waals surface area contributed by atoms with Crippen LogP contribution in [-0.4, -0.2) is 43.2 Å². The first-order valence-corrected chi connectivity index (χ1v) is 7.86. The van der Waals surface area contributed by atoms with Crippen LogP contribution in [0, 0.1) is 22.0 Å². The molecule has 2 saturated heterocycles. The number of carbonyl (C=O) groups is 1. The van der Waals surface area contributed by atoms with Crippen LogP contribution in [-0.2, 0) is 14.8 Å². The Kier molecular flexibility index (Phi) is 3.18. The maximum absolute atomic E-state index is 12.6. The summed E-state index contributed by atoms with van der Waals surface area (Å²) >= 11 is 0. The van der Waals surface area contributed by atoms with Crippen molar-refractivity contribution < 1.29 is 18.1 Å². The molecule has 2 atom stereocenters. The molecule has 9 heteroatoms. The summed E-state index contributed by atoms with van der Waals surface area (Å²) in [4.78, 5) is 21.6. The zero-order valence-corrected chi connectivity index (χ0v) is 11.7. The van der Waals surface area contributed by atoms with E-state index in [1.54, 1.807) is 0 Å². The number of rotatable bonds is 3. The number of hydrogen-bond acceptors (Lipinski definition) is 5. The molecule has 0 saturated carbocycles. The topological polar surface area (TPSA) is 110 Å². The molecule has 8 nitrogen and oxygen atoms in total. The number of fused-ring (bicyclic) bond motifs is 1. The minimum atomic E-state index is -3.97. The normalized spacial score (nSPS) is 25.6. The van der Waals surface area contributed by atoms with Gasteiger partial charge < -0.3 is 5.32 Å². The second-order valence-electron chi connectivity index (χ2n) is 5.16. The monoisotopic (exact) mass is 311 g/mol. The Morgan fingerprint density at radius 2 is 2.00 bits per heavy atom. The van der Waals surface area contributed by atoms with Gasteiger partial charge in [-0.15, -0.1) is 0 Å². The van der Waals surface area contributed by atoms with Gasteiger partial charge in [0.05, 0.1) is 10.8 Å². The Balaban J connectivity index is 1.96. The van der Waals surface area contributed by atoms with Crippen LogP contribution in [0.15, 0.2) is 29.2 Å². The molecule has 2 fully saturated rings. The molecule has 1 N–H and O–H groups in total. The predicted octanol–water partition coefficient (Wildman–Crippen LogP) is -0.0387. The van der Waals surface area contributed by atoms with Crippen LogP contribution in [0.5, 0.6) is 0 Å². The fourth-order valence-corrected chi connectivity index (χ4v) is 4.54. The van der Waals surface area contributed by atoms with E-state index in [1.807, 2.05) is 0 Å². The van der Waals surface area contributed by atoms with Gasteiger partial charge in [0.15, 0.2) is 4.90 Å². The van der Waals surface area contributed by atoms with Gasteiger partial charge in [-0.05, 0) is 6.07 Å². The van der Waals surface area contributed by atoms with Crippen LogP contribution in [0.3, 0.4) is 0 Å². The molecule has 2 heterocycles. The standard InChI is InChI=1S/C12H13N3O5S/c16-12-9-7-14(6-8(9)5-13-12)21(19,20)11-4-2-1-3-10(11)15(17)18/h1-4,8-9H,5-7H2,(H,13,16). The molecule has 0 aliphatic carbocycles. The highest BCUT2D eigenvalue weighted by molar-refractivity contribution is 7.89. The molecule has 0 aromatic heterocycles. The maximum atomic E-state index is 12.6. The van der Waals surface area contributed by atoms with Crippen molar-refractivity contribution in [3.63, 3.8) is 0 Å². The highest BCUT2D eigenvalue weighted by atomic mass is 32.2. The van der Waals surface area contributed by atoms with Gasteiger partial charge in [-0.2, -0.15) is 4.31 Å². The molecule has 0 radical (unpaired) electrons. The smallest absolute Gasteiger partial charge is 0.289 e. The van der Waals surface area contributed by atoms with Crippen LogP contribution >= 0.6 is 0 Å². The minimum Gasteiger partial charge on any atom is -0.355 e. The number of nitrogens with zero attached hydrogens (tertiary/aromatic N) is 2. The number of benzene rings is 1. The van der Waals surface area contributed by atoms with Crippen molar-refractivity contribution in [2.24, 2.45) is 11.8 Å². The fraction of sp³-hybridized carbons (Fsp3) is 0.417. The van der Waals surface area contributed by atoms with Gasteiger partial charge in [0.25, 0.3) is 5.69 Å². The first-order chi connectivity index (χ1) is 9.91. The van der Waals surface area contributed by atoms with Crippen molar-refractivity contribution in [1.29, 1.82) is 0 Å². The fourth-order valence-electron chi connectivity index (χ4n) is 2.86. The summed E-state index contributed by atoms with van der Waals surface area (Å²) in [5.74, 6) is -0.571. The van der Waals surface area contributed by atoms with E-state index < -0.39 is 20.6 Å². The Bertz CT molecular complexity index is 717. The molecule has 3 rings (SSSR count). The van der Waals surface area contributed by atoms with Crippen molar-refractivity contribution in [2.75, 3.05) is 19.6 Å². The maximum Gasteiger partial charge on any atom is 0.289 e. The van der Waals surface area contributed by atoms with E-state index in [1.165, 1.54) is 22.5 Å². The molecule has 0 bridgehead atoms. The lowest BCUT2D eigenvalue weighted by atomic mass is 10.0. The quantitative estimate of drug-likeness (QED) is 0.622. The van der Waals surface area contributed by atoms with E-state index in [2.05, 4.69) is 5.32 Å². The molecule has 2 unspecified atom stereocenters. The summed E-state index contributed by atoms with van der Waals surface area (Å²) in [6, 6.07) is 5.25. The van der Waals surface area contributed by atoms with Gasteiger partial charge in [-0.25, -0.2) is 8.42 Å². The largest absolute Gasteiger partial charge is 0.355 e. The number of hydrogen-bond donors (Lipinski definition) is 1. The molecule has 2 aliphatic rings. The molecule has 1 aromatic carbocycles. The second-order valence-corrected chi connectivity index (χ2v) is 7.06. The number of carbonyl (C=O) groups excluding carboxylic acids is 1. The molecular weight excluding hydrogens is 298 g/mol. The summed E-state index contributed by atoms with van der Waals surface area (Å²) in [6.07, 6.45) is 0. The Morgan fingerprint density at radius 3 is 2.67 bits per heavy atom. The van der Waals surface area contributed by atoms with Crippen LogP contribution < -0.4 is 5.32 Å². The van der Waals surface area contributed by atoms with Gasteiger partial charge in [-0.3, -0.25) is 14.9 Å². The second kappa shape index (κ2) is 4.78. The van der Waals surface area contributed by atoms with E-state index in [0.29, 0.717) is 6.54 Å². The predicted molar refractivity (Wildman–Crippen MR) is 71.8 cm³/mol. The molecule has 112 valence electrons. The first kappa shape index (κ1) is 14.0. The average Bonchev–Trinajstić information content (AvgIpc) is 3.02. The van der Waals surface area contributed by atoms with Crippen molar-refractivity contribution in [3.05, 3.63) is 34.4 Å².